The number of hydrogen-bond acceptors (Lipinski definition) is 1. The molecule has 0 saturated heterocycles. The van der Waals surface area contributed by atoms with Crippen LogP contribution in [0, 0.1) is 0 Å². The summed E-state index contributed by atoms with van der Waals surface area (Å²) in [5.74, 6) is 0. The lowest BCUT2D eigenvalue weighted by atomic mass is 10.1. The van der Waals surface area contributed by atoms with E-state index in [1.807, 2.05) is 12.3 Å². The first-order valence-corrected chi connectivity index (χ1v) is 4.39. The molecule has 2 nitrogen and oxygen atoms in total. The summed E-state index contributed by atoms with van der Waals surface area (Å²) in [6.07, 6.45) is 6.39. The van der Waals surface area contributed by atoms with Gasteiger partial charge in [0.2, 0.25) is 0 Å². The van der Waals surface area contributed by atoms with Gasteiger partial charge in [-0.2, -0.15) is 0 Å². The fourth-order valence-electron chi connectivity index (χ4n) is 1.19. The van der Waals surface area contributed by atoms with Crippen LogP contribution in [0.5, 0.6) is 0 Å². The van der Waals surface area contributed by atoms with Gasteiger partial charge in [0.1, 0.15) is 0 Å². The molecular weight excluding hydrogens is 148 g/mol. The maximum absolute atomic E-state index is 3.09. The summed E-state index contributed by atoms with van der Waals surface area (Å²) < 4.78 is 0. The van der Waals surface area contributed by atoms with E-state index in [1.165, 1.54) is 12.0 Å². The van der Waals surface area contributed by atoms with Crippen LogP contribution >= 0.6 is 0 Å². The molecule has 0 unspecified atom stereocenters. The third-order valence-electron chi connectivity index (χ3n) is 1.84. The number of rotatable bonds is 4. The zero-order chi connectivity index (χ0) is 8.81. The van der Waals surface area contributed by atoms with E-state index in [2.05, 4.69) is 36.2 Å². The second-order valence-electron chi connectivity index (χ2n) is 3.32. The Morgan fingerprint density at radius 2 is 2.25 bits per heavy atom. The van der Waals surface area contributed by atoms with E-state index in [0.717, 1.165) is 13.0 Å². The first-order chi connectivity index (χ1) is 5.79. The Bertz CT molecular complexity index is 206. The Labute approximate surface area is 74.2 Å². The van der Waals surface area contributed by atoms with E-state index >= 15 is 0 Å². The van der Waals surface area contributed by atoms with Crippen LogP contribution in [-0.4, -0.2) is 25.5 Å². The van der Waals surface area contributed by atoms with E-state index in [-0.39, 0.29) is 0 Å². The highest BCUT2D eigenvalue weighted by Gasteiger charge is 1.95. The van der Waals surface area contributed by atoms with Gasteiger partial charge >= 0.3 is 0 Å². The van der Waals surface area contributed by atoms with Gasteiger partial charge in [-0.3, -0.25) is 0 Å². The third-order valence-corrected chi connectivity index (χ3v) is 1.84. The molecule has 0 aromatic carbocycles. The Morgan fingerprint density at radius 3 is 2.83 bits per heavy atom. The van der Waals surface area contributed by atoms with Gasteiger partial charge in [0.05, 0.1) is 0 Å². The highest BCUT2D eigenvalue weighted by atomic mass is 15.0. The van der Waals surface area contributed by atoms with Gasteiger partial charge in [-0.1, -0.05) is 0 Å². The Kier molecular flexibility index (Phi) is 3.74. The summed E-state index contributed by atoms with van der Waals surface area (Å²) in [6, 6.07) is 4.21. The van der Waals surface area contributed by atoms with Crippen molar-refractivity contribution in [2.75, 3.05) is 20.6 Å². The smallest absolute Gasteiger partial charge is 0.170 e. The summed E-state index contributed by atoms with van der Waals surface area (Å²) in [5, 5.41) is 0. The molecule has 1 rings (SSSR count). The van der Waals surface area contributed by atoms with Crippen molar-refractivity contribution in [1.82, 2.24) is 4.90 Å². The molecule has 0 radical (unpaired) electrons. The number of aryl methyl sites for hydroxylation is 1. The van der Waals surface area contributed by atoms with Gasteiger partial charge in [0.25, 0.3) is 0 Å². The van der Waals surface area contributed by atoms with E-state index in [9.17, 15) is 0 Å². The average Bonchev–Trinajstić information content (AvgIpc) is 2.05. The number of aromatic nitrogens is 1. The number of nitrogens with one attached hydrogen (secondary N) is 1. The highest BCUT2D eigenvalue weighted by Crippen LogP contribution is 1.98. The topological polar surface area (TPSA) is 17.4 Å². The second kappa shape index (κ2) is 4.88. The van der Waals surface area contributed by atoms with E-state index in [0.29, 0.717) is 0 Å². The zero-order valence-corrected chi connectivity index (χ0v) is 7.88. The molecule has 0 saturated carbocycles. The molecule has 2 heteroatoms. The molecule has 0 fully saturated rings. The highest BCUT2D eigenvalue weighted by molar-refractivity contribution is 5.04. The fourth-order valence-corrected chi connectivity index (χ4v) is 1.19. The van der Waals surface area contributed by atoms with Crippen LogP contribution in [0.15, 0.2) is 24.5 Å². The predicted molar refractivity (Wildman–Crippen MR) is 49.9 cm³/mol. The number of nitrogens with zero attached hydrogens (tertiary/aromatic N) is 1. The number of aromatic amines is 1. The van der Waals surface area contributed by atoms with Crippen LogP contribution in [0.2, 0.25) is 0 Å². The molecule has 1 aromatic rings. The van der Waals surface area contributed by atoms with Crippen molar-refractivity contribution in [2.45, 2.75) is 12.8 Å². The lowest BCUT2D eigenvalue weighted by molar-refractivity contribution is -0.378. The number of pyridine rings is 1. The van der Waals surface area contributed by atoms with Crippen LogP contribution in [0.25, 0.3) is 0 Å². The molecule has 66 valence electrons. The Hall–Kier alpha value is -0.890. The van der Waals surface area contributed by atoms with Crippen LogP contribution in [0.3, 0.4) is 0 Å². The zero-order valence-electron chi connectivity index (χ0n) is 7.88. The quantitative estimate of drug-likeness (QED) is 0.650. The Morgan fingerprint density at radius 1 is 1.42 bits per heavy atom. The summed E-state index contributed by atoms with van der Waals surface area (Å²) in [4.78, 5) is 5.30. The van der Waals surface area contributed by atoms with Crippen molar-refractivity contribution >= 4 is 0 Å². The average molecular weight is 165 g/mol. The van der Waals surface area contributed by atoms with Crippen molar-refractivity contribution in [2.24, 2.45) is 0 Å². The minimum Gasteiger partial charge on any atom is -0.309 e. The molecule has 0 aliphatic heterocycles. The largest absolute Gasteiger partial charge is 0.309 e. The Balaban J connectivity index is 2.25. The van der Waals surface area contributed by atoms with Crippen molar-refractivity contribution < 1.29 is 4.98 Å². The monoisotopic (exact) mass is 165 g/mol. The van der Waals surface area contributed by atoms with E-state index < -0.39 is 0 Å². The lowest BCUT2D eigenvalue weighted by Crippen LogP contribution is -2.13. The summed E-state index contributed by atoms with van der Waals surface area (Å²) in [7, 11) is 4.22. The third kappa shape index (κ3) is 3.49. The first kappa shape index (κ1) is 9.20. The minimum atomic E-state index is 1.16. The molecule has 0 bridgehead atoms. The van der Waals surface area contributed by atoms with Gasteiger partial charge in [0.15, 0.2) is 12.4 Å². The standard InChI is InChI=1S/C10H16N2/c1-12(2)8-4-6-10-5-3-7-11-9-10/h3,5,7,9H,4,6,8H2,1-2H3/p+1. The van der Waals surface area contributed by atoms with Gasteiger partial charge in [-0.05, 0) is 39.5 Å². The fraction of sp³-hybridized carbons (Fsp3) is 0.500. The minimum absolute atomic E-state index is 1.16. The van der Waals surface area contributed by atoms with Gasteiger partial charge in [-0.15, -0.1) is 0 Å². The van der Waals surface area contributed by atoms with Crippen LogP contribution in [-0.2, 0) is 6.42 Å². The van der Waals surface area contributed by atoms with Crippen molar-refractivity contribution in [3.8, 4) is 0 Å². The van der Waals surface area contributed by atoms with Crippen molar-refractivity contribution in [3.05, 3.63) is 30.1 Å². The molecule has 1 heterocycles. The van der Waals surface area contributed by atoms with Crippen LogP contribution in [0.4, 0.5) is 0 Å². The molecule has 0 aliphatic carbocycles. The lowest BCUT2D eigenvalue weighted by Gasteiger charge is -2.07. The molecule has 0 amide bonds. The molecule has 0 spiro atoms. The van der Waals surface area contributed by atoms with Crippen LogP contribution < -0.4 is 4.98 Å². The number of H-pyrrole nitrogens is 1. The van der Waals surface area contributed by atoms with Gasteiger partial charge in [0, 0.05) is 11.6 Å². The summed E-state index contributed by atoms with van der Waals surface area (Å²) >= 11 is 0. The molecule has 1 N–H and O–H groups in total. The van der Waals surface area contributed by atoms with Gasteiger partial charge < -0.3 is 4.90 Å². The molecule has 0 aliphatic rings. The van der Waals surface area contributed by atoms with E-state index in [1.54, 1.807) is 0 Å². The summed E-state index contributed by atoms with van der Waals surface area (Å²) in [6.45, 7) is 1.16. The first-order valence-electron chi connectivity index (χ1n) is 4.39. The summed E-state index contributed by atoms with van der Waals surface area (Å²) in [5.41, 5.74) is 1.39. The van der Waals surface area contributed by atoms with E-state index in [4.69, 9.17) is 0 Å². The van der Waals surface area contributed by atoms with Crippen molar-refractivity contribution in [1.29, 1.82) is 0 Å². The second-order valence-corrected chi connectivity index (χ2v) is 3.32. The van der Waals surface area contributed by atoms with Gasteiger partial charge in [-0.25, -0.2) is 4.98 Å². The van der Waals surface area contributed by atoms with Crippen molar-refractivity contribution in [3.63, 3.8) is 0 Å². The normalized spacial score (nSPS) is 10.6. The maximum Gasteiger partial charge on any atom is 0.170 e. The molecule has 12 heavy (non-hydrogen) atoms. The molecule has 1 aromatic heterocycles. The molecular formula is C10H17N2+. The predicted octanol–water partition coefficient (Wildman–Crippen LogP) is 0.995. The SMILES string of the molecule is CN(C)CCCc1ccc[nH+]c1. The van der Waals surface area contributed by atoms with Crippen LogP contribution in [0.1, 0.15) is 12.0 Å². The number of hydrogen-bond donors (Lipinski definition) is 0. The maximum atomic E-state index is 3.09. The molecule has 0 atom stereocenters.